The molecule has 2 rings (SSSR count). The van der Waals surface area contributed by atoms with Gasteiger partial charge in [-0.2, -0.15) is 11.8 Å². The van der Waals surface area contributed by atoms with E-state index in [1.807, 2.05) is 17.8 Å². The van der Waals surface area contributed by atoms with Crippen LogP contribution in [0.3, 0.4) is 0 Å². The van der Waals surface area contributed by atoms with Crippen molar-refractivity contribution in [3.8, 4) is 0 Å². The van der Waals surface area contributed by atoms with Gasteiger partial charge in [-0.1, -0.05) is 23.7 Å². The van der Waals surface area contributed by atoms with Crippen molar-refractivity contribution in [1.82, 2.24) is 5.32 Å². The van der Waals surface area contributed by atoms with Crippen LogP contribution in [0, 0.1) is 0 Å². The van der Waals surface area contributed by atoms with Crippen LogP contribution in [0.4, 0.5) is 0 Å². The molecule has 1 aromatic rings. The maximum absolute atomic E-state index is 6.01. The van der Waals surface area contributed by atoms with Crippen LogP contribution in [0.15, 0.2) is 24.3 Å². The van der Waals surface area contributed by atoms with Gasteiger partial charge in [0.15, 0.2) is 0 Å². The Kier molecular flexibility index (Phi) is 5.20. The van der Waals surface area contributed by atoms with E-state index in [9.17, 15) is 0 Å². The Morgan fingerprint density at radius 3 is 2.94 bits per heavy atom. The lowest BCUT2D eigenvalue weighted by Gasteiger charge is -2.36. The first kappa shape index (κ1) is 13.3. The topological polar surface area (TPSA) is 12.0 Å². The van der Waals surface area contributed by atoms with E-state index >= 15 is 0 Å². The Balaban J connectivity index is 1.68. The smallest absolute Gasteiger partial charge is 0.0408 e. The van der Waals surface area contributed by atoms with Gasteiger partial charge >= 0.3 is 0 Å². The zero-order valence-electron chi connectivity index (χ0n) is 10.3. The van der Waals surface area contributed by atoms with E-state index in [1.165, 1.54) is 30.6 Å². The van der Waals surface area contributed by atoms with Gasteiger partial charge in [0.1, 0.15) is 0 Å². The molecule has 0 radical (unpaired) electrons. The van der Waals surface area contributed by atoms with Crippen LogP contribution in [0.1, 0.15) is 30.7 Å². The van der Waals surface area contributed by atoms with Crippen molar-refractivity contribution < 1.29 is 0 Å². The van der Waals surface area contributed by atoms with E-state index in [2.05, 4.69) is 29.8 Å². The predicted molar refractivity (Wildman–Crippen MR) is 78.2 cm³/mol. The van der Waals surface area contributed by atoms with Crippen molar-refractivity contribution in [2.45, 2.75) is 31.2 Å². The van der Waals surface area contributed by atoms with Crippen LogP contribution in [0.2, 0.25) is 5.02 Å². The summed E-state index contributed by atoms with van der Waals surface area (Å²) in [6.07, 6.45) is 5.97. The number of rotatable bonds is 6. The molecule has 1 N–H and O–H groups in total. The highest BCUT2D eigenvalue weighted by Gasteiger charge is 2.29. The van der Waals surface area contributed by atoms with E-state index in [0.29, 0.717) is 5.92 Å². The minimum atomic E-state index is 0.715. The van der Waals surface area contributed by atoms with E-state index < -0.39 is 0 Å². The molecule has 0 amide bonds. The lowest BCUT2D eigenvalue weighted by atomic mass is 9.76. The van der Waals surface area contributed by atoms with Gasteiger partial charge in [0.05, 0.1) is 0 Å². The summed E-state index contributed by atoms with van der Waals surface area (Å²) in [4.78, 5) is 0. The second-order valence-corrected chi connectivity index (χ2v) is 6.14. The Hall–Kier alpha value is -0.180. The molecule has 1 fully saturated rings. The summed E-state index contributed by atoms with van der Waals surface area (Å²) >= 11 is 7.93. The number of hydrogen-bond donors (Lipinski definition) is 1. The molecule has 1 aliphatic carbocycles. The maximum Gasteiger partial charge on any atom is 0.0408 e. The van der Waals surface area contributed by atoms with Gasteiger partial charge in [-0.3, -0.25) is 0 Å². The summed E-state index contributed by atoms with van der Waals surface area (Å²) in [5.41, 5.74) is 1.40. The lowest BCUT2D eigenvalue weighted by molar-refractivity contribution is 0.292. The largest absolute Gasteiger partial charge is 0.314 e. The van der Waals surface area contributed by atoms with Crippen LogP contribution < -0.4 is 5.32 Å². The summed E-state index contributed by atoms with van der Waals surface area (Å²) in [7, 11) is 0. The number of benzene rings is 1. The molecule has 0 unspecified atom stereocenters. The average Bonchev–Trinajstić information content (AvgIpc) is 2.26. The van der Waals surface area contributed by atoms with E-state index in [4.69, 9.17) is 11.6 Å². The molecule has 1 aromatic carbocycles. The molecule has 0 heterocycles. The molecule has 0 aromatic heterocycles. The SMILES string of the molecule is CSCCCNC1CC(c2cccc(Cl)c2)C1. The molecule has 1 saturated carbocycles. The van der Waals surface area contributed by atoms with Crippen LogP contribution in [-0.4, -0.2) is 24.6 Å². The Bertz CT molecular complexity index is 350. The summed E-state index contributed by atoms with van der Waals surface area (Å²) in [5.74, 6) is 1.98. The third kappa shape index (κ3) is 3.90. The quantitative estimate of drug-likeness (QED) is 0.786. The first-order chi connectivity index (χ1) is 8.29. The van der Waals surface area contributed by atoms with Crippen molar-refractivity contribution in [3.05, 3.63) is 34.9 Å². The highest BCUT2D eigenvalue weighted by Crippen LogP contribution is 2.37. The monoisotopic (exact) mass is 269 g/mol. The Labute approximate surface area is 113 Å². The van der Waals surface area contributed by atoms with Crippen LogP contribution in [0.25, 0.3) is 0 Å². The molecule has 0 bridgehead atoms. The minimum Gasteiger partial charge on any atom is -0.314 e. The van der Waals surface area contributed by atoms with Crippen molar-refractivity contribution in [2.24, 2.45) is 0 Å². The van der Waals surface area contributed by atoms with Crippen molar-refractivity contribution in [3.63, 3.8) is 0 Å². The molecule has 0 saturated heterocycles. The molecular weight excluding hydrogens is 250 g/mol. The van der Waals surface area contributed by atoms with Crippen molar-refractivity contribution in [2.75, 3.05) is 18.6 Å². The second kappa shape index (κ2) is 6.67. The number of hydrogen-bond acceptors (Lipinski definition) is 2. The van der Waals surface area contributed by atoms with Crippen molar-refractivity contribution >= 4 is 23.4 Å². The number of nitrogens with one attached hydrogen (secondary N) is 1. The molecule has 1 aliphatic rings. The molecule has 1 nitrogen and oxygen atoms in total. The fourth-order valence-corrected chi connectivity index (χ4v) is 2.97. The van der Waals surface area contributed by atoms with Gasteiger partial charge in [0.25, 0.3) is 0 Å². The van der Waals surface area contributed by atoms with Crippen LogP contribution in [0.5, 0.6) is 0 Å². The van der Waals surface area contributed by atoms with E-state index in [1.54, 1.807) is 0 Å². The molecule has 0 spiro atoms. The Morgan fingerprint density at radius 2 is 2.24 bits per heavy atom. The van der Waals surface area contributed by atoms with Gasteiger partial charge in [0, 0.05) is 11.1 Å². The zero-order valence-corrected chi connectivity index (χ0v) is 11.9. The molecule has 0 atom stereocenters. The van der Waals surface area contributed by atoms with Gasteiger partial charge in [-0.15, -0.1) is 0 Å². The number of thioether (sulfide) groups is 1. The molecular formula is C14H20ClNS. The van der Waals surface area contributed by atoms with E-state index in [0.717, 1.165) is 17.6 Å². The van der Waals surface area contributed by atoms with Gasteiger partial charge in [0.2, 0.25) is 0 Å². The molecule has 94 valence electrons. The maximum atomic E-state index is 6.01. The average molecular weight is 270 g/mol. The first-order valence-corrected chi connectivity index (χ1v) is 8.04. The van der Waals surface area contributed by atoms with Gasteiger partial charge in [-0.05, 0) is 61.4 Å². The Morgan fingerprint density at radius 1 is 1.41 bits per heavy atom. The van der Waals surface area contributed by atoms with Crippen LogP contribution in [-0.2, 0) is 0 Å². The molecule has 3 heteroatoms. The minimum absolute atomic E-state index is 0.715. The predicted octanol–water partition coefficient (Wildman–Crippen LogP) is 3.93. The lowest BCUT2D eigenvalue weighted by Crippen LogP contribution is -2.40. The van der Waals surface area contributed by atoms with Crippen molar-refractivity contribution in [1.29, 1.82) is 0 Å². The molecule has 17 heavy (non-hydrogen) atoms. The molecule has 0 aliphatic heterocycles. The summed E-state index contributed by atoms with van der Waals surface area (Å²) in [6.45, 7) is 1.16. The summed E-state index contributed by atoms with van der Waals surface area (Å²) in [5, 5.41) is 4.48. The van der Waals surface area contributed by atoms with E-state index in [-0.39, 0.29) is 0 Å². The highest BCUT2D eigenvalue weighted by molar-refractivity contribution is 7.98. The zero-order chi connectivity index (χ0) is 12.1. The second-order valence-electron chi connectivity index (χ2n) is 4.72. The number of halogens is 1. The third-order valence-electron chi connectivity index (χ3n) is 3.42. The van der Waals surface area contributed by atoms with Gasteiger partial charge < -0.3 is 5.32 Å². The first-order valence-electron chi connectivity index (χ1n) is 6.27. The van der Waals surface area contributed by atoms with Gasteiger partial charge in [-0.25, -0.2) is 0 Å². The third-order valence-corrected chi connectivity index (χ3v) is 4.35. The summed E-state index contributed by atoms with van der Waals surface area (Å²) in [6, 6.07) is 9.02. The standard InChI is InChI=1S/C14H20ClNS/c1-17-7-3-6-16-14-9-12(10-14)11-4-2-5-13(15)8-11/h2,4-5,8,12,14,16H,3,6-7,9-10H2,1H3. The summed E-state index contributed by atoms with van der Waals surface area (Å²) < 4.78 is 0. The fourth-order valence-electron chi connectivity index (χ4n) is 2.34. The van der Waals surface area contributed by atoms with Crippen LogP contribution >= 0.6 is 23.4 Å². The fraction of sp³-hybridized carbons (Fsp3) is 0.571. The highest BCUT2D eigenvalue weighted by atomic mass is 35.5. The normalized spacial score (nSPS) is 23.4.